The second-order valence-corrected chi connectivity index (χ2v) is 5.73. The molecule has 2 nitrogen and oxygen atoms in total. The van der Waals surface area contributed by atoms with Crippen LogP contribution in [0.1, 0.15) is 5.56 Å². The molecule has 0 aliphatic carbocycles. The van der Waals surface area contributed by atoms with Crippen LogP contribution in [0.2, 0.25) is 0 Å². The molecule has 17 heavy (non-hydrogen) atoms. The van der Waals surface area contributed by atoms with Gasteiger partial charge in [0.2, 0.25) is 0 Å². The molecule has 2 rings (SSSR count). The molecule has 1 heterocycles. The maximum atomic E-state index is 13.1. The molecule has 1 unspecified atom stereocenters. The van der Waals surface area contributed by atoms with Gasteiger partial charge in [0, 0.05) is 36.3 Å². The van der Waals surface area contributed by atoms with Gasteiger partial charge < -0.3 is 10.2 Å². The first kappa shape index (κ1) is 12.9. The van der Waals surface area contributed by atoms with Crippen LogP contribution in [0.4, 0.5) is 4.39 Å². The summed E-state index contributed by atoms with van der Waals surface area (Å²) in [7, 11) is 2.15. The summed E-state index contributed by atoms with van der Waals surface area (Å²) in [6, 6.07) is 5.87. The van der Waals surface area contributed by atoms with Gasteiger partial charge in [-0.05, 0) is 37.7 Å². The number of nitrogens with zero attached hydrogens (tertiary/aromatic N) is 1. The normalized spacial score (nSPS) is 21.7. The van der Waals surface area contributed by atoms with Crippen LogP contribution in [0.3, 0.4) is 0 Å². The summed E-state index contributed by atoms with van der Waals surface area (Å²) in [6.45, 7) is 5.08. The molecule has 0 radical (unpaired) electrons. The predicted molar refractivity (Wildman–Crippen MR) is 71.1 cm³/mol. The third-order valence-electron chi connectivity index (χ3n) is 3.04. The number of halogens is 1. The number of rotatable bonds is 3. The summed E-state index contributed by atoms with van der Waals surface area (Å²) in [4.78, 5) is 3.50. The predicted octanol–water partition coefficient (Wildman–Crippen LogP) is 2.13. The van der Waals surface area contributed by atoms with Crippen molar-refractivity contribution < 1.29 is 4.39 Å². The van der Waals surface area contributed by atoms with E-state index in [1.807, 2.05) is 19.1 Å². The van der Waals surface area contributed by atoms with E-state index in [4.69, 9.17) is 0 Å². The van der Waals surface area contributed by atoms with Crippen LogP contribution in [-0.2, 0) is 0 Å². The second kappa shape index (κ2) is 5.85. The Kier molecular flexibility index (Phi) is 4.42. The van der Waals surface area contributed by atoms with Crippen LogP contribution in [0.25, 0.3) is 0 Å². The molecular weight excluding hydrogens is 235 g/mol. The minimum absolute atomic E-state index is 0.120. The quantitative estimate of drug-likeness (QED) is 0.832. The average molecular weight is 254 g/mol. The highest BCUT2D eigenvalue weighted by atomic mass is 32.2. The molecule has 94 valence electrons. The fourth-order valence-corrected chi connectivity index (χ4v) is 3.05. The Bertz CT molecular complexity index is 384. The summed E-state index contributed by atoms with van der Waals surface area (Å²) in [6.07, 6.45) is 0. The van der Waals surface area contributed by atoms with Crippen molar-refractivity contribution in [3.63, 3.8) is 0 Å². The molecule has 4 heteroatoms. The Hall–Kier alpha value is -0.580. The SMILES string of the molecule is Cc1cc(SCC2CN(C)CCN2)ccc1F. The van der Waals surface area contributed by atoms with Gasteiger partial charge in [-0.3, -0.25) is 0 Å². The van der Waals surface area contributed by atoms with Crippen molar-refractivity contribution in [2.24, 2.45) is 0 Å². The van der Waals surface area contributed by atoms with E-state index in [2.05, 4.69) is 17.3 Å². The molecular formula is C13H19FN2S. The first-order chi connectivity index (χ1) is 8.15. The Morgan fingerprint density at radius 1 is 1.53 bits per heavy atom. The number of piperazine rings is 1. The molecule has 1 fully saturated rings. The van der Waals surface area contributed by atoms with Crippen molar-refractivity contribution in [3.8, 4) is 0 Å². The van der Waals surface area contributed by atoms with Gasteiger partial charge in [0.15, 0.2) is 0 Å². The lowest BCUT2D eigenvalue weighted by Gasteiger charge is -2.30. The summed E-state index contributed by atoms with van der Waals surface area (Å²) in [5, 5.41) is 3.51. The van der Waals surface area contributed by atoms with E-state index in [0.29, 0.717) is 6.04 Å². The van der Waals surface area contributed by atoms with E-state index < -0.39 is 0 Å². The number of benzene rings is 1. The smallest absolute Gasteiger partial charge is 0.126 e. The zero-order valence-corrected chi connectivity index (χ0v) is 11.2. The fourth-order valence-electron chi connectivity index (χ4n) is 2.01. The lowest BCUT2D eigenvalue weighted by Crippen LogP contribution is -2.50. The Labute approximate surface area is 107 Å². The van der Waals surface area contributed by atoms with E-state index in [1.54, 1.807) is 17.8 Å². The fraction of sp³-hybridized carbons (Fsp3) is 0.538. The van der Waals surface area contributed by atoms with Crippen molar-refractivity contribution in [3.05, 3.63) is 29.6 Å². The Balaban J connectivity index is 1.86. The Morgan fingerprint density at radius 2 is 2.35 bits per heavy atom. The first-order valence-electron chi connectivity index (χ1n) is 5.96. The highest BCUT2D eigenvalue weighted by molar-refractivity contribution is 7.99. The maximum Gasteiger partial charge on any atom is 0.126 e. The molecule has 0 amide bonds. The first-order valence-corrected chi connectivity index (χ1v) is 6.94. The minimum Gasteiger partial charge on any atom is -0.311 e. The standard InChI is InChI=1S/C13H19FN2S/c1-10-7-12(3-4-13(10)14)17-9-11-8-16(2)6-5-15-11/h3-4,7,11,15H,5-6,8-9H2,1-2H3. The van der Waals surface area contributed by atoms with Crippen molar-refractivity contribution in [1.82, 2.24) is 10.2 Å². The molecule has 0 saturated carbocycles. The van der Waals surface area contributed by atoms with E-state index in [9.17, 15) is 4.39 Å². The minimum atomic E-state index is -0.120. The molecule has 1 N–H and O–H groups in total. The van der Waals surface area contributed by atoms with Crippen LogP contribution >= 0.6 is 11.8 Å². The van der Waals surface area contributed by atoms with Crippen molar-refractivity contribution in [2.45, 2.75) is 17.9 Å². The second-order valence-electron chi connectivity index (χ2n) is 4.64. The molecule has 1 aromatic rings. The van der Waals surface area contributed by atoms with Crippen molar-refractivity contribution >= 4 is 11.8 Å². The summed E-state index contributed by atoms with van der Waals surface area (Å²) >= 11 is 1.80. The molecule has 1 aliphatic heterocycles. The molecule has 1 aliphatic rings. The van der Waals surface area contributed by atoms with E-state index in [0.717, 1.165) is 35.8 Å². The zero-order valence-electron chi connectivity index (χ0n) is 10.4. The monoisotopic (exact) mass is 254 g/mol. The van der Waals surface area contributed by atoms with Crippen molar-refractivity contribution in [1.29, 1.82) is 0 Å². The molecule has 0 spiro atoms. The van der Waals surface area contributed by atoms with Gasteiger partial charge in [-0.1, -0.05) is 0 Å². The van der Waals surface area contributed by atoms with Crippen LogP contribution in [0.5, 0.6) is 0 Å². The largest absolute Gasteiger partial charge is 0.311 e. The third kappa shape index (κ3) is 3.69. The summed E-state index contributed by atoms with van der Waals surface area (Å²) in [5.41, 5.74) is 0.726. The lowest BCUT2D eigenvalue weighted by atomic mass is 10.2. The van der Waals surface area contributed by atoms with E-state index in [-0.39, 0.29) is 5.82 Å². The van der Waals surface area contributed by atoms with E-state index >= 15 is 0 Å². The number of hydrogen-bond acceptors (Lipinski definition) is 3. The van der Waals surface area contributed by atoms with E-state index in [1.165, 1.54) is 0 Å². The average Bonchev–Trinajstić information content (AvgIpc) is 2.31. The number of thioether (sulfide) groups is 1. The molecule has 1 atom stereocenters. The van der Waals surface area contributed by atoms with Gasteiger partial charge in [0.25, 0.3) is 0 Å². The van der Waals surface area contributed by atoms with Crippen molar-refractivity contribution in [2.75, 3.05) is 32.4 Å². The van der Waals surface area contributed by atoms with Gasteiger partial charge in [-0.25, -0.2) is 4.39 Å². The number of hydrogen-bond donors (Lipinski definition) is 1. The van der Waals surface area contributed by atoms with Gasteiger partial charge >= 0.3 is 0 Å². The molecule has 1 saturated heterocycles. The highest BCUT2D eigenvalue weighted by Gasteiger charge is 2.16. The zero-order chi connectivity index (χ0) is 12.3. The summed E-state index contributed by atoms with van der Waals surface area (Å²) in [5.74, 6) is 0.917. The number of nitrogens with one attached hydrogen (secondary N) is 1. The number of aryl methyl sites for hydroxylation is 1. The van der Waals surface area contributed by atoms with Crippen LogP contribution < -0.4 is 5.32 Å². The topological polar surface area (TPSA) is 15.3 Å². The third-order valence-corrected chi connectivity index (χ3v) is 4.20. The molecule has 1 aromatic carbocycles. The maximum absolute atomic E-state index is 13.1. The Morgan fingerprint density at radius 3 is 3.06 bits per heavy atom. The lowest BCUT2D eigenvalue weighted by molar-refractivity contribution is 0.250. The summed E-state index contributed by atoms with van der Waals surface area (Å²) < 4.78 is 13.1. The van der Waals surface area contributed by atoms with Crippen LogP contribution in [0.15, 0.2) is 23.1 Å². The molecule has 0 aromatic heterocycles. The van der Waals surface area contributed by atoms with Gasteiger partial charge in [-0.15, -0.1) is 11.8 Å². The van der Waals surface area contributed by atoms with Gasteiger partial charge in [0.05, 0.1) is 0 Å². The van der Waals surface area contributed by atoms with Gasteiger partial charge in [0.1, 0.15) is 5.82 Å². The highest BCUT2D eigenvalue weighted by Crippen LogP contribution is 2.21. The van der Waals surface area contributed by atoms with Crippen LogP contribution in [0, 0.1) is 12.7 Å². The van der Waals surface area contributed by atoms with Gasteiger partial charge in [-0.2, -0.15) is 0 Å². The van der Waals surface area contributed by atoms with Crippen LogP contribution in [-0.4, -0.2) is 43.4 Å². The molecule has 0 bridgehead atoms. The number of likely N-dealkylation sites (N-methyl/N-ethyl adjacent to an activating group) is 1.